The summed E-state index contributed by atoms with van der Waals surface area (Å²) >= 11 is 1.91. The van der Waals surface area contributed by atoms with Gasteiger partial charge in [0, 0.05) is 18.3 Å². The quantitative estimate of drug-likeness (QED) is 0.848. The maximum atomic E-state index is 12.1. The molecule has 6 heteroatoms. The number of rotatable bonds is 6. The Balaban J connectivity index is 1.86. The minimum Gasteiger partial charge on any atom is -0.435 e. The van der Waals surface area contributed by atoms with Gasteiger partial charge < -0.3 is 15.2 Å². The van der Waals surface area contributed by atoms with Crippen LogP contribution in [0.15, 0.2) is 24.3 Å². The van der Waals surface area contributed by atoms with Crippen molar-refractivity contribution in [3.05, 3.63) is 29.8 Å². The molecule has 1 heterocycles. The topological polar surface area (TPSA) is 41.5 Å². The van der Waals surface area contributed by atoms with Gasteiger partial charge >= 0.3 is 6.61 Å². The molecule has 112 valence electrons. The Morgan fingerprint density at radius 3 is 3.00 bits per heavy atom. The maximum absolute atomic E-state index is 12.1. The highest BCUT2D eigenvalue weighted by Gasteiger charge is 2.16. The summed E-state index contributed by atoms with van der Waals surface area (Å²) in [7, 11) is 0. The van der Waals surface area contributed by atoms with Gasteiger partial charge in [-0.3, -0.25) is 0 Å². The van der Waals surface area contributed by atoms with E-state index in [1.807, 2.05) is 11.8 Å². The van der Waals surface area contributed by atoms with Crippen molar-refractivity contribution in [1.82, 2.24) is 5.32 Å². The Hall–Kier alpha value is -0.850. The van der Waals surface area contributed by atoms with Gasteiger partial charge in [0.15, 0.2) is 0 Å². The average molecular weight is 303 g/mol. The molecule has 1 aliphatic rings. The Bertz CT molecular complexity index is 414. The van der Waals surface area contributed by atoms with E-state index in [0.717, 1.165) is 12.2 Å². The molecule has 0 bridgehead atoms. The molecule has 0 radical (unpaired) electrons. The van der Waals surface area contributed by atoms with Crippen molar-refractivity contribution in [2.75, 3.05) is 18.1 Å². The molecule has 0 aliphatic carbocycles. The highest BCUT2D eigenvalue weighted by molar-refractivity contribution is 7.99. The van der Waals surface area contributed by atoms with E-state index in [0.29, 0.717) is 18.2 Å². The second kappa shape index (κ2) is 7.81. The SMILES string of the molecule is O[C@@H](CN[C@H]1CCCSC1)c1cccc(OC(F)F)c1. The second-order valence-corrected chi connectivity index (χ2v) is 5.94. The number of ether oxygens (including phenoxy) is 1. The van der Waals surface area contributed by atoms with Crippen LogP contribution in [0.3, 0.4) is 0 Å². The molecule has 1 aliphatic heterocycles. The van der Waals surface area contributed by atoms with Gasteiger partial charge in [0.05, 0.1) is 6.10 Å². The van der Waals surface area contributed by atoms with Crippen LogP contribution in [0.2, 0.25) is 0 Å². The lowest BCUT2D eigenvalue weighted by atomic mass is 10.1. The Morgan fingerprint density at radius 2 is 2.30 bits per heavy atom. The number of hydrogen-bond acceptors (Lipinski definition) is 4. The predicted molar refractivity (Wildman–Crippen MR) is 76.4 cm³/mol. The van der Waals surface area contributed by atoms with Gasteiger partial charge in [-0.15, -0.1) is 0 Å². The number of thioether (sulfide) groups is 1. The van der Waals surface area contributed by atoms with E-state index in [9.17, 15) is 13.9 Å². The van der Waals surface area contributed by atoms with Gasteiger partial charge in [0.2, 0.25) is 0 Å². The first-order valence-electron chi connectivity index (χ1n) is 6.69. The van der Waals surface area contributed by atoms with Crippen LogP contribution in [0.5, 0.6) is 5.75 Å². The van der Waals surface area contributed by atoms with Crippen LogP contribution >= 0.6 is 11.8 Å². The van der Waals surface area contributed by atoms with Gasteiger partial charge in [0.25, 0.3) is 0 Å². The first-order valence-corrected chi connectivity index (χ1v) is 7.84. The highest BCUT2D eigenvalue weighted by atomic mass is 32.2. The molecular formula is C14H19F2NO2S. The van der Waals surface area contributed by atoms with Gasteiger partial charge in [-0.05, 0) is 36.3 Å². The van der Waals surface area contributed by atoms with E-state index in [-0.39, 0.29) is 5.75 Å². The zero-order chi connectivity index (χ0) is 14.4. The Morgan fingerprint density at radius 1 is 1.45 bits per heavy atom. The van der Waals surface area contributed by atoms with E-state index in [1.54, 1.807) is 12.1 Å². The Kier molecular flexibility index (Phi) is 6.06. The molecule has 0 amide bonds. The minimum absolute atomic E-state index is 0.0739. The molecule has 0 saturated carbocycles. The molecule has 3 nitrogen and oxygen atoms in total. The third-order valence-electron chi connectivity index (χ3n) is 3.23. The zero-order valence-corrected chi connectivity index (χ0v) is 11.9. The van der Waals surface area contributed by atoms with Crippen LogP contribution in [0.25, 0.3) is 0 Å². The number of benzene rings is 1. The predicted octanol–water partition coefficient (Wildman–Crippen LogP) is 2.81. The first kappa shape index (κ1) is 15.5. The summed E-state index contributed by atoms with van der Waals surface area (Å²) in [4.78, 5) is 0. The van der Waals surface area contributed by atoms with E-state index >= 15 is 0 Å². The zero-order valence-electron chi connectivity index (χ0n) is 11.1. The van der Waals surface area contributed by atoms with Crippen LogP contribution < -0.4 is 10.1 Å². The number of hydrogen-bond donors (Lipinski definition) is 2. The number of nitrogens with one attached hydrogen (secondary N) is 1. The van der Waals surface area contributed by atoms with E-state index in [2.05, 4.69) is 10.1 Å². The monoisotopic (exact) mass is 303 g/mol. The molecule has 20 heavy (non-hydrogen) atoms. The van der Waals surface area contributed by atoms with Crippen molar-refractivity contribution in [3.8, 4) is 5.75 Å². The fourth-order valence-corrected chi connectivity index (χ4v) is 3.30. The third kappa shape index (κ3) is 4.92. The fourth-order valence-electron chi connectivity index (χ4n) is 2.20. The standard InChI is InChI=1S/C14H19F2NO2S/c15-14(16)19-12-5-1-3-10(7-12)13(18)8-17-11-4-2-6-20-9-11/h1,3,5,7,11,13-14,17-18H,2,4,6,8-9H2/t11-,13-/m0/s1. The van der Waals surface area contributed by atoms with E-state index < -0.39 is 12.7 Å². The molecule has 2 rings (SSSR count). The van der Waals surface area contributed by atoms with Crippen LogP contribution in [0.4, 0.5) is 8.78 Å². The summed E-state index contributed by atoms with van der Waals surface area (Å²) in [6, 6.07) is 6.64. The molecule has 1 aromatic rings. The number of aliphatic hydroxyl groups is 1. The summed E-state index contributed by atoms with van der Waals surface area (Å²) in [5.41, 5.74) is 0.583. The lowest BCUT2D eigenvalue weighted by Gasteiger charge is -2.24. The average Bonchev–Trinajstić information content (AvgIpc) is 2.45. The van der Waals surface area contributed by atoms with Gasteiger partial charge in [-0.1, -0.05) is 12.1 Å². The maximum Gasteiger partial charge on any atom is 0.387 e. The molecule has 2 N–H and O–H groups in total. The summed E-state index contributed by atoms with van der Waals surface area (Å²) in [6.45, 7) is -2.43. The minimum atomic E-state index is -2.85. The molecule has 0 spiro atoms. The van der Waals surface area contributed by atoms with Gasteiger partial charge in [-0.25, -0.2) is 0 Å². The van der Waals surface area contributed by atoms with Crippen molar-refractivity contribution in [2.24, 2.45) is 0 Å². The number of alkyl halides is 2. The van der Waals surface area contributed by atoms with Gasteiger partial charge in [-0.2, -0.15) is 20.5 Å². The molecule has 1 aromatic carbocycles. The number of halogens is 2. The highest BCUT2D eigenvalue weighted by Crippen LogP contribution is 2.21. The molecule has 0 unspecified atom stereocenters. The lowest BCUT2D eigenvalue weighted by molar-refractivity contribution is -0.0499. The first-order chi connectivity index (χ1) is 9.65. The van der Waals surface area contributed by atoms with Crippen molar-refractivity contribution in [1.29, 1.82) is 0 Å². The summed E-state index contributed by atoms with van der Waals surface area (Å²) in [5.74, 6) is 2.33. The summed E-state index contributed by atoms with van der Waals surface area (Å²) < 4.78 is 28.6. The van der Waals surface area contributed by atoms with Crippen LogP contribution in [0.1, 0.15) is 24.5 Å². The summed E-state index contributed by atoms with van der Waals surface area (Å²) in [5, 5.41) is 13.4. The summed E-state index contributed by atoms with van der Waals surface area (Å²) in [6.07, 6.45) is 1.59. The lowest BCUT2D eigenvalue weighted by Crippen LogP contribution is -2.36. The molecule has 1 saturated heterocycles. The van der Waals surface area contributed by atoms with Crippen LogP contribution in [-0.4, -0.2) is 35.8 Å². The smallest absolute Gasteiger partial charge is 0.387 e. The van der Waals surface area contributed by atoms with Gasteiger partial charge in [0.1, 0.15) is 5.75 Å². The van der Waals surface area contributed by atoms with Crippen molar-refractivity contribution >= 4 is 11.8 Å². The Labute approximate surface area is 121 Å². The molecule has 1 fully saturated rings. The van der Waals surface area contributed by atoms with E-state index in [1.165, 1.54) is 24.3 Å². The van der Waals surface area contributed by atoms with Crippen LogP contribution in [-0.2, 0) is 0 Å². The number of aliphatic hydroxyl groups excluding tert-OH is 1. The van der Waals surface area contributed by atoms with E-state index in [4.69, 9.17) is 0 Å². The van der Waals surface area contributed by atoms with Crippen molar-refractivity contribution < 1.29 is 18.6 Å². The van der Waals surface area contributed by atoms with Crippen molar-refractivity contribution in [2.45, 2.75) is 31.6 Å². The molecule has 0 aromatic heterocycles. The fraction of sp³-hybridized carbons (Fsp3) is 0.571. The normalized spacial score (nSPS) is 20.9. The molecule has 2 atom stereocenters. The largest absolute Gasteiger partial charge is 0.435 e. The molecular weight excluding hydrogens is 284 g/mol. The van der Waals surface area contributed by atoms with Crippen molar-refractivity contribution in [3.63, 3.8) is 0 Å². The second-order valence-electron chi connectivity index (χ2n) is 4.79. The van der Waals surface area contributed by atoms with Crippen LogP contribution in [0, 0.1) is 0 Å². The third-order valence-corrected chi connectivity index (χ3v) is 4.44.